The van der Waals surface area contributed by atoms with Crippen molar-refractivity contribution < 1.29 is 9.47 Å². The number of nitrogens with zero attached hydrogens (tertiary/aromatic N) is 2. The molecule has 2 heterocycles. The van der Waals surface area contributed by atoms with Crippen molar-refractivity contribution in [3.63, 3.8) is 0 Å². The zero-order valence-electron chi connectivity index (χ0n) is 16.3. The molecule has 0 aliphatic carbocycles. The van der Waals surface area contributed by atoms with Gasteiger partial charge in [0.1, 0.15) is 13.2 Å². The van der Waals surface area contributed by atoms with Crippen molar-refractivity contribution in [1.82, 2.24) is 9.88 Å². The second-order valence-electron chi connectivity index (χ2n) is 7.10. The SMILES string of the molecule is CCCN(Cc1ccc(-c2ccccn2)cc1)Cc1ccc2c(c1)OCCO2. The van der Waals surface area contributed by atoms with Gasteiger partial charge in [0.15, 0.2) is 11.5 Å². The molecule has 0 saturated carbocycles. The van der Waals surface area contributed by atoms with Crippen LogP contribution in [0.25, 0.3) is 11.3 Å². The molecular weight excluding hydrogens is 348 g/mol. The summed E-state index contributed by atoms with van der Waals surface area (Å²) < 4.78 is 11.4. The molecule has 0 radical (unpaired) electrons. The average molecular weight is 374 g/mol. The molecule has 2 aromatic carbocycles. The summed E-state index contributed by atoms with van der Waals surface area (Å²) in [5, 5.41) is 0. The van der Waals surface area contributed by atoms with Gasteiger partial charge in [-0.05, 0) is 48.4 Å². The second kappa shape index (κ2) is 8.89. The number of fused-ring (bicyclic) bond motifs is 1. The van der Waals surface area contributed by atoms with E-state index >= 15 is 0 Å². The first-order valence-electron chi connectivity index (χ1n) is 9.93. The molecule has 28 heavy (non-hydrogen) atoms. The van der Waals surface area contributed by atoms with Crippen molar-refractivity contribution in [3.8, 4) is 22.8 Å². The van der Waals surface area contributed by atoms with E-state index in [-0.39, 0.29) is 0 Å². The zero-order chi connectivity index (χ0) is 19.2. The van der Waals surface area contributed by atoms with E-state index in [0.29, 0.717) is 13.2 Å². The topological polar surface area (TPSA) is 34.6 Å². The van der Waals surface area contributed by atoms with Gasteiger partial charge in [-0.25, -0.2) is 0 Å². The molecule has 0 N–H and O–H groups in total. The number of rotatable bonds is 7. The second-order valence-corrected chi connectivity index (χ2v) is 7.10. The normalized spacial score (nSPS) is 12.9. The van der Waals surface area contributed by atoms with Crippen molar-refractivity contribution in [3.05, 3.63) is 78.0 Å². The Hall–Kier alpha value is -2.85. The molecule has 1 aliphatic heterocycles. The molecule has 0 spiro atoms. The van der Waals surface area contributed by atoms with E-state index in [1.807, 2.05) is 30.5 Å². The first-order valence-corrected chi connectivity index (χ1v) is 9.93. The van der Waals surface area contributed by atoms with Crippen LogP contribution in [0.1, 0.15) is 24.5 Å². The average Bonchev–Trinajstić information content (AvgIpc) is 2.75. The molecule has 3 aromatic rings. The summed E-state index contributed by atoms with van der Waals surface area (Å²) in [5.74, 6) is 1.71. The monoisotopic (exact) mass is 374 g/mol. The maximum atomic E-state index is 5.73. The Balaban J connectivity index is 1.45. The molecule has 4 rings (SSSR count). The van der Waals surface area contributed by atoms with E-state index in [1.165, 1.54) is 11.1 Å². The Morgan fingerprint density at radius 1 is 0.857 bits per heavy atom. The first-order chi connectivity index (χ1) is 13.8. The fourth-order valence-corrected chi connectivity index (χ4v) is 3.55. The zero-order valence-corrected chi connectivity index (χ0v) is 16.3. The summed E-state index contributed by atoms with van der Waals surface area (Å²) in [4.78, 5) is 6.90. The predicted octanol–water partition coefficient (Wildman–Crippen LogP) is 4.93. The van der Waals surface area contributed by atoms with Gasteiger partial charge >= 0.3 is 0 Å². The van der Waals surface area contributed by atoms with Crippen LogP contribution in [0.4, 0.5) is 0 Å². The van der Waals surface area contributed by atoms with Crippen LogP contribution >= 0.6 is 0 Å². The summed E-state index contributed by atoms with van der Waals surface area (Å²) in [7, 11) is 0. The van der Waals surface area contributed by atoms with Crippen LogP contribution < -0.4 is 9.47 Å². The Kier molecular flexibility index (Phi) is 5.88. The molecule has 4 heteroatoms. The van der Waals surface area contributed by atoms with E-state index < -0.39 is 0 Å². The molecule has 0 saturated heterocycles. The highest BCUT2D eigenvalue weighted by Gasteiger charge is 2.13. The highest BCUT2D eigenvalue weighted by atomic mass is 16.6. The van der Waals surface area contributed by atoms with Crippen molar-refractivity contribution >= 4 is 0 Å². The number of hydrogen-bond acceptors (Lipinski definition) is 4. The van der Waals surface area contributed by atoms with Crippen molar-refractivity contribution in [2.45, 2.75) is 26.4 Å². The lowest BCUT2D eigenvalue weighted by molar-refractivity contribution is 0.171. The predicted molar refractivity (Wildman–Crippen MR) is 112 cm³/mol. The lowest BCUT2D eigenvalue weighted by Gasteiger charge is -2.24. The maximum absolute atomic E-state index is 5.73. The minimum Gasteiger partial charge on any atom is -0.486 e. The number of hydrogen-bond donors (Lipinski definition) is 0. The molecule has 1 aromatic heterocycles. The van der Waals surface area contributed by atoms with Gasteiger partial charge in [0, 0.05) is 24.8 Å². The minimum atomic E-state index is 0.623. The van der Waals surface area contributed by atoms with Crippen molar-refractivity contribution in [2.24, 2.45) is 0 Å². The van der Waals surface area contributed by atoms with Gasteiger partial charge in [-0.2, -0.15) is 0 Å². The molecule has 0 bridgehead atoms. The van der Waals surface area contributed by atoms with E-state index in [9.17, 15) is 0 Å². The lowest BCUT2D eigenvalue weighted by Crippen LogP contribution is -2.24. The van der Waals surface area contributed by atoms with Crippen LogP contribution in [0.15, 0.2) is 66.9 Å². The largest absolute Gasteiger partial charge is 0.486 e. The fraction of sp³-hybridized carbons (Fsp3) is 0.292. The van der Waals surface area contributed by atoms with Gasteiger partial charge in [0.05, 0.1) is 5.69 Å². The third kappa shape index (κ3) is 4.52. The van der Waals surface area contributed by atoms with Crippen molar-refractivity contribution in [1.29, 1.82) is 0 Å². The Bertz CT molecular complexity index is 894. The molecular formula is C24H26N2O2. The lowest BCUT2D eigenvalue weighted by atomic mass is 10.1. The van der Waals surface area contributed by atoms with Crippen LogP contribution in [-0.2, 0) is 13.1 Å². The molecule has 0 unspecified atom stereocenters. The maximum Gasteiger partial charge on any atom is 0.161 e. The summed E-state index contributed by atoms with van der Waals surface area (Å²) in [5.41, 5.74) is 4.72. The molecule has 0 atom stereocenters. The number of pyridine rings is 1. The number of ether oxygens (including phenoxy) is 2. The van der Waals surface area contributed by atoms with Gasteiger partial charge in [0.2, 0.25) is 0 Å². The van der Waals surface area contributed by atoms with Gasteiger partial charge in [-0.1, -0.05) is 43.3 Å². The Morgan fingerprint density at radius 3 is 2.36 bits per heavy atom. The number of aromatic nitrogens is 1. The van der Waals surface area contributed by atoms with Crippen LogP contribution in [0, 0.1) is 0 Å². The minimum absolute atomic E-state index is 0.623. The first kappa shape index (κ1) is 18.5. The van der Waals surface area contributed by atoms with Gasteiger partial charge < -0.3 is 9.47 Å². The van der Waals surface area contributed by atoms with E-state index in [4.69, 9.17) is 9.47 Å². The number of benzene rings is 2. The molecule has 4 nitrogen and oxygen atoms in total. The highest BCUT2D eigenvalue weighted by molar-refractivity contribution is 5.59. The quantitative estimate of drug-likeness (QED) is 0.587. The van der Waals surface area contributed by atoms with Gasteiger partial charge in [0.25, 0.3) is 0 Å². The van der Waals surface area contributed by atoms with E-state index in [0.717, 1.165) is 48.8 Å². The summed E-state index contributed by atoms with van der Waals surface area (Å²) in [6, 6.07) is 21.0. The summed E-state index contributed by atoms with van der Waals surface area (Å²) in [6.45, 7) is 6.34. The van der Waals surface area contributed by atoms with Crippen molar-refractivity contribution in [2.75, 3.05) is 19.8 Å². The highest BCUT2D eigenvalue weighted by Crippen LogP contribution is 2.31. The van der Waals surface area contributed by atoms with Gasteiger partial charge in [-0.15, -0.1) is 0 Å². The third-order valence-corrected chi connectivity index (χ3v) is 4.87. The summed E-state index contributed by atoms with van der Waals surface area (Å²) in [6.07, 6.45) is 2.95. The van der Waals surface area contributed by atoms with Crippen LogP contribution in [0.3, 0.4) is 0 Å². The summed E-state index contributed by atoms with van der Waals surface area (Å²) >= 11 is 0. The van der Waals surface area contributed by atoms with Gasteiger partial charge in [-0.3, -0.25) is 9.88 Å². The van der Waals surface area contributed by atoms with Crippen LogP contribution in [0.2, 0.25) is 0 Å². The molecule has 144 valence electrons. The smallest absolute Gasteiger partial charge is 0.161 e. The Morgan fingerprint density at radius 2 is 1.61 bits per heavy atom. The standard InChI is InChI=1S/C24H26N2O2/c1-2-13-26(18-20-8-11-23-24(16-20)28-15-14-27-23)17-19-6-9-21(10-7-19)22-5-3-4-12-25-22/h3-12,16H,2,13-15,17-18H2,1H3. The van der Waals surface area contributed by atoms with E-state index in [2.05, 4.69) is 53.2 Å². The molecule has 0 amide bonds. The molecule has 0 fully saturated rings. The van der Waals surface area contributed by atoms with E-state index in [1.54, 1.807) is 0 Å². The van der Waals surface area contributed by atoms with Crippen LogP contribution in [0.5, 0.6) is 11.5 Å². The third-order valence-electron chi connectivity index (χ3n) is 4.87. The Labute approximate surface area is 166 Å². The molecule has 1 aliphatic rings. The van der Waals surface area contributed by atoms with Crippen LogP contribution in [-0.4, -0.2) is 29.6 Å². The fourth-order valence-electron chi connectivity index (χ4n) is 3.55.